The Labute approximate surface area is 178 Å². The number of carbonyl (C=O) groups excluding carboxylic acids is 2. The second-order valence-corrected chi connectivity index (χ2v) is 7.88. The molecule has 1 fully saturated rings. The van der Waals surface area contributed by atoms with Crippen molar-refractivity contribution in [2.75, 3.05) is 44.7 Å². The Morgan fingerprint density at radius 3 is 2.40 bits per heavy atom. The number of hydrogen-bond acceptors (Lipinski definition) is 4. The zero-order valence-electron chi connectivity index (χ0n) is 17.7. The molecule has 0 unspecified atom stereocenters. The molecule has 30 heavy (non-hydrogen) atoms. The third-order valence-corrected chi connectivity index (χ3v) is 6.05. The maximum absolute atomic E-state index is 13.6. The molecule has 2 aliphatic heterocycles. The molecule has 0 N–H and O–H groups in total. The first kappa shape index (κ1) is 20.3. The fraction of sp³-hybridized carbons (Fsp3) is 0.417. The molecule has 0 aliphatic carbocycles. The molecule has 6 heteroatoms. The van der Waals surface area contributed by atoms with Gasteiger partial charge in [-0.15, -0.1) is 0 Å². The summed E-state index contributed by atoms with van der Waals surface area (Å²) in [6, 6.07) is 15.4. The molecule has 2 aliphatic rings. The molecule has 0 radical (unpaired) electrons. The second-order valence-electron chi connectivity index (χ2n) is 7.88. The van der Waals surface area contributed by atoms with Gasteiger partial charge in [0.15, 0.2) is 0 Å². The number of ether oxygens (including phenoxy) is 1. The minimum atomic E-state index is -0.505. The van der Waals surface area contributed by atoms with Crippen LogP contribution in [0.4, 0.5) is 5.69 Å². The Kier molecular flexibility index (Phi) is 5.93. The van der Waals surface area contributed by atoms with Crippen LogP contribution in [0.5, 0.6) is 5.75 Å². The number of piperazine rings is 1. The first-order chi connectivity index (χ1) is 14.6. The van der Waals surface area contributed by atoms with Gasteiger partial charge in [0, 0.05) is 38.4 Å². The summed E-state index contributed by atoms with van der Waals surface area (Å²) in [5, 5.41) is 0. The summed E-state index contributed by atoms with van der Waals surface area (Å²) in [7, 11) is 1.66. The van der Waals surface area contributed by atoms with Gasteiger partial charge >= 0.3 is 0 Å². The van der Waals surface area contributed by atoms with E-state index < -0.39 is 6.04 Å². The predicted octanol–water partition coefficient (Wildman–Crippen LogP) is 2.88. The van der Waals surface area contributed by atoms with E-state index in [1.54, 1.807) is 12.0 Å². The van der Waals surface area contributed by atoms with Crippen LogP contribution in [0.3, 0.4) is 0 Å². The van der Waals surface area contributed by atoms with Crippen LogP contribution in [0.2, 0.25) is 0 Å². The van der Waals surface area contributed by atoms with Gasteiger partial charge in [0.1, 0.15) is 11.8 Å². The van der Waals surface area contributed by atoms with Crippen LogP contribution in [-0.4, -0.2) is 61.4 Å². The summed E-state index contributed by atoms with van der Waals surface area (Å²) in [5.41, 5.74) is 3.09. The van der Waals surface area contributed by atoms with Crippen LogP contribution in [-0.2, 0) is 16.0 Å². The van der Waals surface area contributed by atoms with Gasteiger partial charge in [0.25, 0.3) is 0 Å². The van der Waals surface area contributed by atoms with E-state index in [4.69, 9.17) is 4.74 Å². The molecule has 4 rings (SSSR count). The number of fused-ring (bicyclic) bond motifs is 1. The lowest BCUT2D eigenvalue weighted by molar-refractivity contribution is -0.147. The molecule has 0 saturated carbocycles. The first-order valence-corrected chi connectivity index (χ1v) is 10.7. The van der Waals surface area contributed by atoms with E-state index in [9.17, 15) is 9.59 Å². The van der Waals surface area contributed by atoms with Gasteiger partial charge in [-0.3, -0.25) is 9.59 Å². The Morgan fingerprint density at radius 2 is 1.73 bits per heavy atom. The van der Waals surface area contributed by atoms with E-state index in [0.717, 1.165) is 42.1 Å². The number of benzene rings is 2. The van der Waals surface area contributed by atoms with Crippen molar-refractivity contribution in [3.05, 3.63) is 59.7 Å². The Morgan fingerprint density at radius 1 is 1.03 bits per heavy atom. The van der Waals surface area contributed by atoms with E-state index in [1.165, 1.54) is 0 Å². The average Bonchev–Trinajstić information content (AvgIpc) is 2.79. The lowest BCUT2D eigenvalue weighted by Crippen LogP contribution is -2.54. The number of nitrogens with zero attached hydrogens (tertiary/aromatic N) is 3. The third-order valence-electron chi connectivity index (χ3n) is 6.05. The molecule has 2 heterocycles. The normalized spacial score (nSPS) is 18.9. The molecule has 1 saturated heterocycles. The smallest absolute Gasteiger partial charge is 0.250 e. The molecule has 0 bridgehead atoms. The van der Waals surface area contributed by atoms with E-state index >= 15 is 0 Å². The molecule has 6 nitrogen and oxygen atoms in total. The lowest BCUT2D eigenvalue weighted by atomic mass is 9.91. The first-order valence-electron chi connectivity index (χ1n) is 10.7. The van der Waals surface area contributed by atoms with Crippen molar-refractivity contribution in [2.24, 2.45) is 0 Å². The Balaban J connectivity index is 1.50. The fourth-order valence-electron chi connectivity index (χ4n) is 4.45. The summed E-state index contributed by atoms with van der Waals surface area (Å²) in [5.74, 6) is 0.924. The molecule has 2 aromatic carbocycles. The summed E-state index contributed by atoms with van der Waals surface area (Å²) >= 11 is 0. The second kappa shape index (κ2) is 8.78. The summed E-state index contributed by atoms with van der Waals surface area (Å²) in [6.45, 7) is 5.50. The zero-order chi connectivity index (χ0) is 21.1. The van der Waals surface area contributed by atoms with Gasteiger partial charge in [-0.2, -0.15) is 0 Å². The average molecular weight is 408 g/mol. The highest BCUT2D eigenvalue weighted by atomic mass is 16.5. The van der Waals surface area contributed by atoms with Gasteiger partial charge in [0.05, 0.1) is 13.5 Å². The molecule has 1 atom stereocenters. The van der Waals surface area contributed by atoms with E-state index in [1.807, 2.05) is 48.2 Å². The van der Waals surface area contributed by atoms with Crippen molar-refractivity contribution in [3.63, 3.8) is 0 Å². The number of hydrogen-bond donors (Lipinski definition) is 0. The van der Waals surface area contributed by atoms with Crippen LogP contribution >= 0.6 is 0 Å². The van der Waals surface area contributed by atoms with Crippen molar-refractivity contribution in [1.29, 1.82) is 0 Å². The van der Waals surface area contributed by atoms with Crippen molar-refractivity contribution < 1.29 is 14.3 Å². The molecule has 0 spiro atoms. The molecule has 2 aromatic rings. The SMILES string of the molecule is CCCN1C(=O)Cc2ccccc2[C@H]1C(=O)N1CCN(c2ccc(OC)cc2)CC1. The highest BCUT2D eigenvalue weighted by Gasteiger charge is 2.39. The standard InChI is InChI=1S/C24H29N3O3/c1-3-12-27-22(28)17-18-6-4-5-7-21(18)23(27)24(29)26-15-13-25(14-16-26)19-8-10-20(30-2)11-9-19/h4-11,23H,3,12-17H2,1-2H3/t23-/m0/s1. The van der Waals surface area contributed by atoms with E-state index in [2.05, 4.69) is 17.0 Å². The van der Waals surface area contributed by atoms with Gasteiger partial charge in [0.2, 0.25) is 11.8 Å². The molecular weight excluding hydrogens is 378 g/mol. The van der Waals surface area contributed by atoms with Crippen LogP contribution < -0.4 is 9.64 Å². The largest absolute Gasteiger partial charge is 0.497 e. The summed E-state index contributed by atoms with van der Waals surface area (Å²) in [6.07, 6.45) is 1.22. The molecular formula is C24H29N3O3. The fourth-order valence-corrected chi connectivity index (χ4v) is 4.45. The highest BCUT2D eigenvalue weighted by Crippen LogP contribution is 2.32. The van der Waals surface area contributed by atoms with Crippen molar-refractivity contribution in [1.82, 2.24) is 9.80 Å². The van der Waals surface area contributed by atoms with Gasteiger partial charge in [-0.25, -0.2) is 0 Å². The minimum absolute atomic E-state index is 0.0401. The van der Waals surface area contributed by atoms with Crippen LogP contribution in [0, 0.1) is 0 Å². The number of amides is 2. The van der Waals surface area contributed by atoms with E-state index in [0.29, 0.717) is 26.1 Å². The maximum atomic E-state index is 13.6. The molecule has 0 aromatic heterocycles. The van der Waals surface area contributed by atoms with Gasteiger partial charge in [-0.1, -0.05) is 31.2 Å². The van der Waals surface area contributed by atoms with Crippen molar-refractivity contribution in [2.45, 2.75) is 25.8 Å². The van der Waals surface area contributed by atoms with Crippen LogP contribution in [0.15, 0.2) is 48.5 Å². The third kappa shape index (κ3) is 3.86. The Bertz CT molecular complexity index is 904. The van der Waals surface area contributed by atoms with Crippen LogP contribution in [0.25, 0.3) is 0 Å². The van der Waals surface area contributed by atoms with Gasteiger partial charge < -0.3 is 19.4 Å². The Hall–Kier alpha value is -3.02. The van der Waals surface area contributed by atoms with Crippen molar-refractivity contribution >= 4 is 17.5 Å². The number of methoxy groups -OCH3 is 1. The van der Waals surface area contributed by atoms with Crippen LogP contribution in [0.1, 0.15) is 30.5 Å². The number of rotatable bonds is 5. The highest BCUT2D eigenvalue weighted by molar-refractivity contribution is 5.92. The summed E-state index contributed by atoms with van der Waals surface area (Å²) in [4.78, 5) is 32.3. The molecule has 158 valence electrons. The quantitative estimate of drug-likeness (QED) is 0.765. The minimum Gasteiger partial charge on any atom is -0.497 e. The predicted molar refractivity (Wildman–Crippen MR) is 117 cm³/mol. The monoisotopic (exact) mass is 407 g/mol. The van der Waals surface area contributed by atoms with Crippen molar-refractivity contribution in [3.8, 4) is 5.75 Å². The van der Waals surface area contributed by atoms with Gasteiger partial charge in [-0.05, 0) is 41.8 Å². The molecule has 2 amide bonds. The number of carbonyl (C=O) groups is 2. The van der Waals surface area contributed by atoms with E-state index in [-0.39, 0.29) is 11.8 Å². The topological polar surface area (TPSA) is 53.1 Å². The maximum Gasteiger partial charge on any atom is 0.250 e. The number of anilines is 1. The zero-order valence-corrected chi connectivity index (χ0v) is 17.7. The summed E-state index contributed by atoms with van der Waals surface area (Å²) < 4.78 is 5.24. The lowest BCUT2D eigenvalue weighted by Gasteiger charge is -2.42.